The molecule has 78 valence electrons. The Balaban J connectivity index is 4.27. The van der Waals surface area contributed by atoms with Crippen LogP contribution >= 0.6 is 0 Å². The van der Waals surface area contributed by atoms with E-state index < -0.39 is 15.1 Å². The zero-order valence-corrected chi connectivity index (χ0v) is 10.3. The zero-order chi connectivity index (χ0) is 10.2. The summed E-state index contributed by atoms with van der Waals surface area (Å²) in [7, 11) is -0.707. The Kier molecular flexibility index (Phi) is 7.17. The van der Waals surface area contributed by atoms with Crippen LogP contribution in [0.15, 0.2) is 12.3 Å². The van der Waals surface area contributed by atoms with Crippen LogP contribution < -0.4 is 0 Å². The Labute approximate surface area is 82.9 Å². The topological polar surface area (TPSA) is 27.7 Å². The van der Waals surface area contributed by atoms with Gasteiger partial charge in [0.25, 0.3) is 5.60 Å². The molecule has 0 aliphatic heterocycles. The highest BCUT2D eigenvalue weighted by Crippen LogP contribution is 2.14. The highest BCUT2D eigenvalue weighted by molar-refractivity contribution is 6.44. The summed E-state index contributed by atoms with van der Waals surface area (Å²) in [6.45, 7) is 11.3. The van der Waals surface area contributed by atoms with Gasteiger partial charge in [-0.25, -0.2) is 0 Å². The third kappa shape index (κ3) is 4.57. The monoisotopic (exact) mass is 204 g/mol. The Bertz CT molecular complexity index is 122. The summed E-state index contributed by atoms with van der Waals surface area (Å²) in [6, 6.07) is 0. The van der Waals surface area contributed by atoms with Gasteiger partial charge in [0.1, 0.15) is 0 Å². The third-order valence-corrected chi connectivity index (χ3v) is 2.89. The number of ether oxygens (including phenoxy) is 3. The van der Waals surface area contributed by atoms with Crippen LogP contribution in [-0.2, 0) is 14.2 Å². The van der Waals surface area contributed by atoms with Crippen molar-refractivity contribution in [2.75, 3.05) is 19.8 Å². The van der Waals surface area contributed by atoms with Crippen molar-refractivity contribution >= 4 is 9.52 Å². The predicted molar refractivity (Wildman–Crippen MR) is 56.4 cm³/mol. The first kappa shape index (κ1) is 12.8. The van der Waals surface area contributed by atoms with Crippen LogP contribution in [0.5, 0.6) is 0 Å². The van der Waals surface area contributed by atoms with Crippen LogP contribution in [0, 0.1) is 0 Å². The summed E-state index contributed by atoms with van der Waals surface area (Å²) < 4.78 is 16.5. The Morgan fingerprint density at radius 3 is 1.69 bits per heavy atom. The van der Waals surface area contributed by atoms with Crippen LogP contribution in [0.1, 0.15) is 20.8 Å². The molecule has 0 spiro atoms. The fraction of sp³-hybridized carbons (Fsp3) is 0.778. The number of rotatable bonds is 8. The molecule has 0 radical (unpaired) electrons. The molecular weight excluding hydrogens is 184 g/mol. The minimum atomic E-state index is -0.778. The second-order valence-electron chi connectivity index (χ2n) is 2.47. The van der Waals surface area contributed by atoms with Crippen molar-refractivity contribution < 1.29 is 14.2 Å². The minimum absolute atomic E-state index is 0.598. The van der Waals surface area contributed by atoms with Crippen LogP contribution in [0.3, 0.4) is 0 Å². The second kappa shape index (κ2) is 7.26. The summed E-state index contributed by atoms with van der Waals surface area (Å²) in [6.07, 6.45) is 0. The Morgan fingerprint density at radius 1 is 1.08 bits per heavy atom. The van der Waals surface area contributed by atoms with Gasteiger partial charge in [0, 0.05) is 19.8 Å². The summed E-state index contributed by atoms with van der Waals surface area (Å²) in [4.78, 5) is 0. The molecule has 0 amide bonds. The lowest BCUT2D eigenvalue weighted by Gasteiger charge is -2.31. The largest absolute Gasteiger partial charge is 0.332 e. The van der Waals surface area contributed by atoms with Crippen molar-refractivity contribution in [2.24, 2.45) is 0 Å². The van der Waals surface area contributed by atoms with E-state index >= 15 is 0 Å². The lowest BCUT2D eigenvalue weighted by molar-refractivity contribution is -0.322. The molecule has 13 heavy (non-hydrogen) atoms. The van der Waals surface area contributed by atoms with E-state index in [9.17, 15) is 0 Å². The van der Waals surface area contributed by atoms with Gasteiger partial charge in [-0.3, -0.25) is 0 Å². The molecule has 0 heterocycles. The third-order valence-electron chi connectivity index (χ3n) is 1.49. The highest BCUT2D eigenvalue weighted by Gasteiger charge is 2.30. The summed E-state index contributed by atoms with van der Waals surface area (Å²) in [5.41, 5.74) is 1.10. The average molecular weight is 204 g/mol. The quantitative estimate of drug-likeness (QED) is 0.436. The molecule has 0 unspecified atom stereocenters. The first-order chi connectivity index (χ1) is 6.24. The van der Waals surface area contributed by atoms with Crippen molar-refractivity contribution in [2.45, 2.75) is 26.4 Å². The molecule has 0 aromatic carbocycles. The molecule has 0 N–H and O–H groups in total. The van der Waals surface area contributed by atoms with E-state index in [1.807, 2.05) is 26.5 Å². The standard InChI is InChI=1S/C9H20O3Si/c1-5-10-9(11-6-2,12-7-3)13-8-4/h8H,4-7,13H2,1-3H3. The van der Waals surface area contributed by atoms with Crippen molar-refractivity contribution in [1.82, 2.24) is 0 Å². The van der Waals surface area contributed by atoms with Gasteiger partial charge < -0.3 is 14.2 Å². The molecule has 3 nitrogen and oxygen atoms in total. The van der Waals surface area contributed by atoms with Gasteiger partial charge in [-0.2, -0.15) is 0 Å². The van der Waals surface area contributed by atoms with E-state index in [2.05, 4.69) is 6.58 Å². The zero-order valence-electron chi connectivity index (χ0n) is 8.84. The summed E-state index contributed by atoms with van der Waals surface area (Å²) in [5.74, 6) is 0. The van der Waals surface area contributed by atoms with Crippen LogP contribution in [0.4, 0.5) is 0 Å². The van der Waals surface area contributed by atoms with Gasteiger partial charge in [0.2, 0.25) is 0 Å². The summed E-state index contributed by atoms with van der Waals surface area (Å²) >= 11 is 0. The molecule has 0 aromatic rings. The highest BCUT2D eigenvalue weighted by atomic mass is 28.2. The van der Waals surface area contributed by atoms with E-state index in [1.54, 1.807) is 0 Å². The van der Waals surface area contributed by atoms with E-state index in [-0.39, 0.29) is 0 Å². The van der Waals surface area contributed by atoms with Crippen LogP contribution in [0.2, 0.25) is 0 Å². The first-order valence-corrected chi connectivity index (χ1v) is 6.29. The van der Waals surface area contributed by atoms with E-state index in [4.69, 9.17) is 14.2 Å². The lowest BCUT2D eigenvalue weighted by Crippen LogP contribution is -2.44. The molecular formula is C9H20O3Si. The lowest BCUT2D eigenvalue weighted by atomic mass is 10.8. The molecule has 0 aliphatic carbocycles. The fourth-order valence-electron chi connectivity index (χ4n) is 1.14. The second-order valence-corrected chi connectivity index (χ2v) is 4.33. The molecule has 4 heteroatoms. The Morgan fingerprint density at radius 2 is 1.46 bits per heavy atom. The first-order valence-electron chi connectivity index (χ1n) is 4.77. The fourth-order valence-corrected chi connectivity index (χ4v) is 2.46. The molecule has 0 rings (SSSR count). The van der Waals surface area contributed by atoms with E-state index in [0.717, 1.165) is 0 Å². The molecule has 0 saturated carbocycles. The number of hydrogen-bond donors (Lipinski definition) is 0. The predicted octanol–water partition coefficient (Wildman–Crippen LogP) is 1.02. The van der Waals surface area contributed by atoms with Gasteiger partial charge in [-0.05, 0) is 20.8 Å². The van der Waals surface area contributed by atoms with Gasteiger partial charge in [-0.1, -0.05) is 0 Å². The maximum Gasteiger partial charge on any atom is 0.253 e. The van der Waals surface area contributed by atoms with Gasteiger partial charge in [-0.15, -0.1) is 12.3 Å². The molecule has 0 fully saturated rings. The molecule has 0 aliphatic rings. The molecule has 0 bridgehead atoms. The van der Waals surface area contributed by atoms with E-state index in [0.29, 0.717) is 19.8 Å². The van der Waals surface area contributed by atoms with Crippen molar-refractivity contribution in [3.63, 3.8) is 0 Å². The SMILES string of the molecule is C=C[SiH2]C(OCC)(OCC)OCC. The van der Waals surface area contributed by atoms with Crippen molar-refractivity contribution in [1.29, 1.82) is 0 Å². The maximum atomic E-state index is 5.50. The van der Waals surface area contributed by atoms with E-state index in [1.165, 1.54) is 0 Å². The molecule has 0 saturated heterocycles. The van der Waals surface area contributed by atoms with Gasteiger partial charge in [0.15, 0.2) is 9.52 Å². The average Bonchev–Trinajstić information content (AvgIpc) is 2.06. The minimum Gasteiger partial charge on any atom is -0.332 e. The van der Waals surface area contributed by atoms with Crippen LogP contribution in [0.25, 0.3) is 0 Å². The van der Waals surface area contributed by atoms with Gasteiger partial charge in [0.05, 0.1) is 0 Å². The normalized spacial score (nSPS) is 12.5. The van der Waals surface area contributed by atoms with Crippen molar-refractivity contribution in [3.8, 4) is 0 Å². The van der Waals surface area contributed by atoms with Crippen molar-refractivity contribution in [3.05, 3.63) is 12.3 Å². The molecule has 0 atom stereocenters. The number of hydrogen-bond acceptors (Lipinski definition) is 3. The van der Waals surface area contributed by atoms with Crippen LogP contribution in [-0.4, -0.2) is 34.9 Å². The molecule has 0 aromatic heterocycles. The summed E-state index contributed by atoms with van der Waals surface area (Å²) in [5, 5.41) is 0. The Hall–Kier alpha value is -0.163. The van der Waals surface area contributed by atoms with Gasteiger partial charge >= 0.3 is 0 Å². The smallest absolute Gasteiger partial charge is 0.253 e. The maximum absolute atomic E-state index is 5.50.